The Morgan fingerprint density at radius 3 is 2.75 bits per heavy atom. The molecule has 1 aromatic carbocycles. The van der Waals surface area contributed by atoms with Gasteiger partial charge in [0.1, 0.15) is 22.3 Å². The van der Waals surface area contributed by atoms with E-state index in [2.05, 4.69) is 32.0 Å². The summed E-state index contributed by atoms with van der Waals surface area (Å²) in [6.07, 6.45) is 5.12. The van der Waals surface area contributed by atoms with Crippen LogP contribution in [-0.4, -0.2) is 67.6 Å². The predicted octanol–water partition coefficient (Wildman–Crippen LogP) is 3.34. The van der Waals surface area contributed by atoms with Gasteiger partial charge >= 0.3 is 0 Å². The Morgan fingerprint density at radius 1 is 1.28 bits per heavy atom. The van der Waals surface area contributed by atoms with Crippen LogP contribution < -0.4 is 4.74 Å². The molecule has 0 spiro atoms. The normalized spacial score (nSPS) is 16.0. The summed E-state index contributed by atoms with van der Waals surface area (Å²) in [7, 11) is 3.24. The minimum atomic E-state index is -0.558. The number of aromatic amines is 1. The highest BCUT2D eigenvalue weighted by Gasteiger charge is 2.28. The molecule has 168 valence electrons. The summed E-state index contributed by atoms with van der Waals surface area (Å²) in [5.41, 5.74) is 1.71. The van der Waals surface area contributed by atoms with Crippen LogP contribution in [-0.2, 0) is 11.8 Å². The lowest BCUT2D eigenvalue weighted by atomic mass is 10.2. The number of hydrogen-bond acceptors (Lipinski definition) is 6. The molecule has 0 saturated carbocycles. The van der Waals surface area contributed by atoms with Gasteiger partial charge in [-0.25, -0.2) is 9.37 Å². The van der Waals surface area contributed by atoms with E-state index in [-0.39, 0.29) is 16.8 Å². The lowest BCUT2D eigenvalue weighted by molar-refractivity contribution is 0.0182. The van der Waals surface area contributed by atoms with Gasteiger partial charge in [0.25, 0.3) is 0 Å². The van der Waals surface area contributed by atoms with Gasteiger partial charge in [0.2, 0.25) is 0 Å². The van der Waals surface area contributed by atoms with Crippen LogP contribution in [0.1, 0.15) is 18.8 Å². The molecule has 0 aliphatic carbocycles. The van der Waals surface area contributed by atoms with Crippen molar-refractivity contribution in [3.05, 3.63) is 41.5 Å². The zero-order valence-electron chi connectivity index (χ0n) is 18.0. The summed E-state index contributed by atoms with van der Waals surface area (Å²) in [6.45, 7) is 5.13. The minimum Gasteiger partial charge on any atom is -0.495 e. The molecule has 1 N–H and O–H groups in total. The van der Waals surface area contributed by atoms with Crippen molar-refractivity contribution < 1.29 is 13.9 Å². The summed E-state index contributed by atoms with van der Waals surface area (Å²) in [5.74, 6) is 0.962. The summed E-state index contributed by atoms with van der Waals surface area (Å²) in [4.78, 5) is 9.80. The van der Waals surface area contributed by atoms with Crippen LogP contribution in [0.15, 0.2) is 24.8 Å². The highest BCUT2D eigenvalue weighted by Crippen LogP contribution is 2.41. The average Bonchev–Trinajstić information content (AvgIpc) is 3.55. The monoisotopic (exact) mass is 459 g/mol. The number of ether oxygens (including phenoxy) is 2. The number of fused-ring (bicyclic) bond motifs is 1. The maximum absolute atomic E-state index is 15.3. The van der Waals surface area contributed by atoms with Crippen LogP contribution in [0, 0.1) is 5.82 Å². The van der Waals surface area contributed by atoms with Crippen molar-refractivity contribution in [1.29, 1.82) is 0 Å². The molecule has 1 unspecified atom stereocenters. The van der Waals surface area contributed by atoms with Gasteiger partial charge in [-0.1, -0.05) is 11.6 Å². The second-order valence-electron chi connectivity index (χ2n) is 7.71. The number of rotatable bonds is 5. The van der Waals surface area contributed by atoms with E-state index < -0.39 is 5.82 Å². The van der Waals surface area contributed by atoms with Crippen LogP contribution in [0.3, 0.4) is 0 Å². The fourth-order valence-electron chi connectivity index (χ4n) is 4.28. The summed E-state index contributed by atoms with van der Waals surface area (Å²) >= 11 is 6.22. The summed E-state index contributed by atoms with van der Waals surface area (Å²) in [5, 5.41) is 9.38. The highest BCUT2D eigenvalue weighted by atomic mass is 35.5. The SMILES string of the molecule is COc1cc2c(-n3ccnc3)c(-c3nnc(C(C)N4CCOCC4)[nH]3)n(C)c2c(F)c1Cl. The van der Waals surface area contributed by atoms with E-state index >= 15 is 4.39 Å². The molecule has 0 bridgehead atoms. The van der Waals surface area contributed by atoms with Gasteiger partial charge in [0.05, 0.1) is 43.9 Å². The molecule has 32 heavy (non-hydrogen) atoms. The first-order valence-electron chi connectivity index (χ1n) is 10.3. The van der Waals surface area contributed by atoms with Crippen molar-refractivity contribution in [2.24, 2.45) is 7.05 Å². The molecular weight excluding hydrogens is 437 g/mol. The number of halogens is 2. The van der Waals surface area contributed by atoms with Crippen molar-refractivity contribution in [2.75, 3.05) is 33.4 Å². The van der Waals surface area contributed by atoms with Gasteiger partial charge in [0.15, 0.2) is 11.6 Å². The third-order valence-corrected chi connectivity index (χ3v) is 6.35. The fraction of sp³-hybridized carbons (Fsp3) is 0.381. The number of aryl methyl sites for hydroxylation is 1. The van der Waals surface area contributed by atoms with E-state index in [9.17, 15) is 0 Å². The maximum Gasteiger partial charge on any atom is 0.180 e. The van der Waals surface area contributed by atoms with Gasteiger partial charge in [0, 0.05) is 37.9 Å². The van der Waals surface area contributed by atoms with Crippen molar-refractivity contribution in [3.8, 4) is 23.0 Å². The van der Waals surface area contributed by atoms with Gasteiger partial charge in [-0.2, -0.15) is 0 Å². The number of morpholine rings is 1. The van der Waals surface area contributed by atoms with Crippen LogP contribution in [0.5, 0.6) is 5.75 Å². The van der Waals surface area contributed by atoms with Gasteiger partial charge < -0.3 is 23.6 Å². The first kappa shape index (κ1) is 20.9. The zero-order valence-corrected chi connectivity index (χ0v) is 18.7. The Balaban J connectivity index is 1.69. The molecule has 1 aliphatic heterocycles. The molecule has 11 heteroatoms. The quantitative estimate of drug-likeness (QED) is 0.492. The number of nitrogens with one attached hydrogen (secondary N) is 1. The maximum atomic E-state index is 15.3. The number of H-pyrrole nitrogens is 1. The third kappa shape index (κ3) is 3.26. The lowest BCUT2D eigenvalue weighted by Gasteiger charge is -2.30. The Kier molecular flexibility index (Phi) is 5.36. The topological polar surface area (TPSA) is 86.0 Å². The second kappa shape index (κ2) is 8.19. The van der Waals surface area contributed by atoms with Crippen LogP contribution >= 0.6 is 11.6 Å². The molecule has 0 radical (unpaired) electrons. The average molecular weight is 460 g/mol. The van der Waals surface area contributed by atoms with Crippen molar-refractivity contribution in [2.45, 2.75) is 13.0 Å². The number of methoxy groups -OCH3 is 1. The molecule has 1 saturated heterocycles. The molecule has 1 aliphatic rings. The number of benzene rings is 1. The number of imidazole rings is 1. The van der Waals surface area contributed by atoms with Crippen molar-refractivity contribution in [1.82, 2.24) is 34.2 Å². The van der Waals surface area contributed by atoms with Crippen molar-refractivity contribution in [3.63, 3.8) is 0 Å². The largest absolute Gasteiger partial charge is 0.495 e. The highest BCUT2D eigenvalue weighted by molar-refractivity contribution is 6.33. The fourth-order valence-corrected chi connectivity index (χ4v) is 4.50. The van der Waals surface area contributed by atoms with E-state index in [0.717, 1.165) is 18.9 Å². The Labute approximate surface area is 188 Å². The smallest absolute Gasteiger partial charge is 0.180 e. The molecule has 5 rings (SSSR count). The number of aromatic nitrogens is 6. The Hall–Kier alpha value is -2.95. The molecule has 3 aromatic heterocycles. The van der Waals surface area contributed by atoms with Crippen molar-refractivity contribution >= 4 is 22.5 Å². The van der Waals surface area contributed by atoms with E-state index in [0.29, 0.717) is 41.3 Å². The molecule has 0 amide bonds. The van der Waals surface area contributed by atoms with E-state index in [1.807, 2.05) is 4.57 Å². The Bertz CT molecular complexity index is 1260. The first-order valence-corrected chi connectivity index (χ1v) is 10.7. The molecule has 1 fully saturated rings. The Morgan fingerprint density at radius 2 is 2.06 bits per heavy atom. The van der Waals surface area contributed by atoms with E-state index in [4.69, 9.17) is 21.1 Å². The van der Waals surface area contributed by atoms with Crippen LogP contribution in [0.25, 0.3) is 28.1 Å². The predicted molar refractivity (Wildman–Crippen MR) is 118 cm³/mol. The summed E-state index contributed by atoms with van der Waals surface area (Å²) in [6, 6.07) is 1.77. The molecule has 1 atom stereocenters. The molecule has 4 aromatic rings. The van der Waals surface area contributed by atoms with Gasteiger partial charge in [-0.05, 0) is 13.0 Å². The molecule has 4 heterocycles. The summed E-state index contributed by atoms with van der Waals surface area (Å²) < 4.78 is 29.6. The van der Waals surface area contributed by atoms with Gasteiger partial charge in [-0.15, -0.1) is 10.2 Å². The third-order valence-electron chi connectivity index (χ3n) is 6.00. The number of hydrogen-bond donors (Lipinski definition) is 1. The van der Waals surface area contributed by atoms with E-state index in [1.54, 1.807) is 36.4 Å². The van der Waals surface area contributed by atoms with Gasteiger partial charge in [-0.3, -0.25) is 4.90 Å². The lowest BCUT2D eigenvalue weighted by Crippen LogP contribution is -2.38. The molecule has 9 nitrogen and oxygen atoms in total. The minimum absolute atomic E-state index is 0.0396. The first-order chi connectivity index (χ1) is 15.5. The number of nitrogens with zero attached hydrogens (tertiary/aromatic N) is 6. The second-order valence-corrected chi connectivity index (χ2v) is 8.09. The van der Waals surface area contributed by atoms with E-state index in [1.165, 1.54) is 7.11 Å². The van der Waals surface area contributed by atoms with Crippen LogP contribution in [0.4, 0.5) is 4.39 Å². The van der Waals surface area contributed by atoms with Crippen LogP contribution in [0.2, 0.25) is 5.02 Å². The standard InChI is InChI=1S/C21H23ClFN7O2/c1-12(29-6-8-32-9-7-29)20-25-21(27-26-20)19-18(30-5-4-24-11-30)13-10-14(31-3)15(22)16(23)17(13)28(19)2/h4-5,10-12H,6-9H2,1-3H3,(H,25,26,27). The zero-order chi connectivity index (χ0) is 22.4. The molecular formula is C21H23ClFN7O2.